The fourth-order valence-corrected chi connectivity index (χ4v) is 3.54. The van der Waals surface area contributed by atoms with Crippen molar-refractivity contribution in [2.75, 3.05) is 18.0 Å². The van der Waals surface area contributed by atoms with Gasteiger partial charge in [-0.2, -0.15) is 0 Å². The molecule has 5 heteroatoms. The molecule has 2 amide bonds. The molecule has 0 aromatic heterocycles. The Bertz CT molecular complexity index is 742. The molecule has 1 aromatic rings. The standard InChI is InChI=1S/C20H24N2O3/c1-5-14-8-6-9-16-15(14)11-13-21(16)18(23)17-10-7-12-22(17)19(24)25-20(2,3)4/h1,6,8-9,17H,7,10-13H2,2-4H3/t17-/m0/s1. The first kappa shape index (κ1) is 17.3. The molecule has 2 aliphatic rings. The van der Waals surface area contributed by atoms with Crippen LogP contribution in [0, 0.1) is 12.3 Å². The van der Waals surface area contributed by atoms with E-state index in [-0.39, 0.29) is 5.91 Å². The third kappa shape index (κ3) is 3.34. The molecule has 5 nitrogen and oxygen atoms in total. The van der Waals surface area contributed by atoms with E-state index in [0.717, 1.165) is 29.7 Å². The van der Waals surface area contributed by atoms with Gasteiger partial charge in [0.2, 0.25) is 5.91 Å². The number of terminal acetylenes is 1. The van der Waals surface area contributed by atoms with Crippen molar-refractivity contribution in [3.05, 3.63) is 29.3 Å². The van der Waals surface area contributed by atoms with Gasteiger partial charge in [0.05, 0.1) is 0 Å². The van der Waals surface area contributed by atoms with Crippen LogP contribution in [0.2, 0.25) is 0 Å². The van der Waals surface area contributed by atoms with E-state index in [4.69, 9.17) is 11.2 Å². The summed E-state index contributed by atoms with van der Waals surface area (Å²) in [6, 6.07) is 5.23. The van der Waals surface area contributed by atoms with Gasteiger partial charge < -0.3 is 9.64 Å². The van der Waals surface area contributed by atoms with Crippen LogP contribution in [-0.4, -0.2) is 41.6 Å². The van der Waals surface area contributed by atoms with E-state index < -0.39 is 17.7 Å². The lowest BCUT2D eigenvalue weighted by molar-refractivity contribution is -0.122. The zero-order valence-corrected chi connectivity index (χ0v) is 15.0. The Balaban J connectivity index is 1.81. The summed E-state index contributed by atoms with van der Waals surface area (Å²) in [4.78, 5) is 28.9. The number of nitrogens with zero attached hydrogens (tertiary/aromatic N) is 2. The van der Waals surface area contributed by atoms with E-state index in [1.807, 2.05) is 39.0 Å². The summed E-state index contributed by atoms with van der Waals surface area (Å²) >= 11 is 0. The fourth-order valence-electron chi connectivity index (χ4n) is 3.54. The molecule has 0 N–H and O–H groups in total. The molecule has 0 spiro atoms. The second kappa shape index (κ2) is 6.44. The normalized spacial score (nSPS) is 19.5. The van der Waals surface area contributed by atoms with Crippen molar-refractivity contribution in [3.8, 4) is 12.3 Å². The lowest BCUT2D eigenvalue weighted by Crippen LogP contribution is -2.48. The Hall–Kier alpha value is -2.48. The molecule has 132 valence electrons. The number of ether oxygens (including phenoxy) is 1. The van der Waals surface area contributed by atoms with Crippen molar-refractivity contribution in [2.24, 2.45) is 0 Å². The van der Waals surface area contributed by atoms with Crippen LogP contribution >= 0.6 is 0 Å². The highest BCUT2D eigenvalue weighted by Crippen LogP contribution is 2.33. The number of anilines is 1. The van der Waals surface area contributed by atoms with Gasteiger partial charge >= 0.3 is 6.09 Å². The molecule has 1 saturated heterocycles. The Kier molecular flexibility index (Phi) is 4.47. The largest absolute Gasteiger partial charge is 0.444 e. The van der Waals surface area contributed by atoms with Crippen LogP contribution in [0.1, 0.15) is 44.7 Å². The highest BCUT2D eigenvalue weighted by Gasteiger charge is 2.40. The van der Waals surface area contributed by atoms with Gasteiger partial charge in [-0.25, -0.2) is 4.79 Å². The van der Waals surface area contributed by atoms with Crippen molar-refractivity contribution in [2.45, 2.75) is 51.7 Å². The number of carbonyl (C=O) groups is 2. The zero-order valence-electron chi connectivity index (χ0n) is 15.0. The van der Waals surface area contributed by atoms with Crippen molar-refractivity contribution >= 4 is 17.7 Å². The summed E-state index contributed by atoms with van der Waals surface area (Å²) in [5, 5.41) is 0. The summed E-state index contributed by atoms with van der Waals surface area (Å²) in [5.74, 6) is 2.64. The first-order valence-electron chi connectivity index (χ1n) is 8.71. The molecule has 1 fully saturated rings. The van der Waals surface area contributed by atoms with Gasteiger partial charge in [0, 0.05) is 24.3 Å². The SMILES string of the molecule is C#Cc1cccc2c1CCN2C(=O)[C@@H]1CCCN1C(=O)OC(C)(C)C. The molecule has 0 aliphatic carbocycles. The number of likely N-dealkylation sites (tertiary alicyclic amines) is 1. The summed E-state index contributed by atoms with van der Waals surface area (Å²) in [7, 11) is 0. The molecule has 1 aromatic carbocycles. The minimum Gasteiger partial charge on any atom is -0.444 e. The molecular weight excluding hydrogens is 316 g/mol. The Morgan fingerprint density at radius 3 is 2.72 bits per heavy atom. The first-order valence-corrected chi connectivity index (χ1v) is 8.71. The Morgan fingerprint density at radius 2 is 2.04 bits per heavy atom. The van der Waals surface area contributed by atoms with E-state index in [9.17, 15) is 9.59 Å². The number of carbonyl (C=O) groups excluding carboxylic acids is 2. The van der Waals surface area contributed by atoms with Gasteiger partial charge in [0.15, 0.2) is 0 Å². The quantitative estimate of drug-likeness (QED) is 0.739. The number of amides is 2. The van der Waals surface area contributed by atoms with Gasteiger partial charge in [-0.15, -0.1) is 6.42 Å². The minimum absolute atomic E-state index is 0.0451. The Morgan fingerprint density at radius 1 is 1.28 bits per heavy atom. The number of rotatable bonds is 1. The van der Waals surface area contributed by atoms with Gasteiger partial charge in [-0.1, -0.05) is 12.0 Å². The Labute approximate surface area is 148 Å². The first-order chi connectivity index (χ1) is 11.8. The minimum atomic E-state index is -0.574. The van der Waals surface area contributed by atoms with Crippen LogP contribution < -0.4 is 4.90 Å². The molecule has 2 heterocycles. The highest BCUT2D eigenvalue weighted by atomic mass is 16.6. The second-order valence-corrected chi connectivity index (χ2v) is 7.52. The van der Waals surface area contributed by atoms with E-state index in [1.54, 1.807) is 9.80 Å². The summed E-state index contributed by atoms with van der Waals surface area (Å²) in [6.45, 7) is 6.64. The van der Waals surface area contributed by atoms with Gasteiger partial charge in [0.25, 0.3) is 0 Å². The molecule has 0 radical (unpaired) electrons. The van der Waals surface area contributed by atoms with E-state index in [1.165, 1.54) is 0 Å². The maximum atomic E-state index is 13.1. The van der Waals surface area contributed by atoms with Crippen LogP contribution in [0.4, 0.5) is 10.5 Å². The predicted molar refractivity (Wildman–Crippen MR) is 96.4 cm³/mol. The average molecular weight is 340 g/mol. The van der Waals surface area contributed by atoms with Crippen molar-refractivity contribution in [1.29, 1.82) is 0 Å². The number of fused-ring (bicyclic) bond motifs is 1. The predicted octanol–water partition coefficient (Wildman–Crippen LogP) is 2.96. The van der Waals surface area contributed by atoms with Crippen LogP contribution in [-0.2, 0) is 16.0 Å². The topological polar surface area (TPSA) is 49.9 Å². The second-order valence-electron chi connectivity index (χ2n) is 7.52. The van der Waals surface area contributed by atoms with Crippen LogP contribution in [0.25, 0.3) is 0 Å². The monoisotopic (exact) mass is 340 g/mol. The van der Waals surface area contributed by atoms with Crippen LogP contribution in [0.15, 0.2) is 18.2 Å². The molecule has 0 bridgehead atoms. The molecule has 2 aliphatic heterocycles. The molecular formula is C20H24N2O3. The summed E-state index contributed by atoms with van der Waals surface area (Å²) < 4.78 is 5.46. The molecule has 25 heavy (non-hydrogen) atoms. The van der Waals surface area contributed by atoms with E-state index in [2.05, 4.69) is 5.92 Å². The van der Waals surface area contributed by atoms with E-state index in [0.29, 0.717) is 19.5 Å². The fraction of sp³-hybridized carbons (Fsp3) is 0.500. The van der Waals surface area contributed by atoms with Gasteiger partial charge in [-0.05, 0) is 57.7 Å². The van der Waals surface area contributed by atoms with Gasteiger partial charge in [-0.3, -0.25) is 9.69 Å². The number of hydrogen-bond donors (Lipinski definition) is 0. The number of benzene rings is 1. The van der Waals surface area contributed by atoms with Gasteiger partial charge in [0.1, 0.15) is 11.6 Å². The van der Waals surface area contributed by atoms with Crippen molar-refractivity contribution in [3.63, 3.8) is 0 Å². The maximum Gasteiger partial charge on any atom is 0.410 e. The van der Waals surface area contributed by atoms with Crippen molar-refractivity contribution < 1.29 is 14.3 Å². The zero-order chi connectivity index (χ0) is 18.2. The average Bonchev–Trinajstić information content (AvgIpc) is 3.19. The third-order valence-electron chi connectivity index (χ3n) is 4.61. The van der Waals surface area contributed by atoms with Crippen molar-refractivity contribution in [1.82, 2.24) is 4.90 Å². The highest BCUT2D eigenvalue weighted by molar-refractivity contribution is 6.00. The lowest BCUT2D eigenvalue weighted by Gasteiger charge is -2.30. The molecule has 3 rings (SSSR count). The summed E-state index contributed by atoms with van der Waals surface area (Å²) in [5.41, 5.74) is 2.18. The molecule has 0 unspecified atom stereocenters. The third-order valence-corrected chi connectivity index (χ3v) is 4.61. The van der Waals surface area contributed by atoms with E-state index >= 15 is 0 Å². The molecule has 1 atom stereocenters. The number of hydrogen-bond acceptors (Lipinski definition) is 3. The van der Waals surface area contributed by atoms with Crippen LogP contribution in [0.5, 0.6) is 0 Å². The lowest BCUT2D eigenvalue weighted by atomic mass is 10.1. The molecule has 0 saturated carbocycles. The van der Waals surface area contributed by atoms with Crippen LogP contribution in [0.3, 0.4) is 0 Å². The maximum absolute atomic E-state index is 13.1. The summed E-state index contributed by atoms with van der Waals surface area (Å²) in [6.07, 6.45) is 7.37. The smallest absolute Gasteiger partial charge is 0.410 e.